The van der Waals surface area contributed by atoms with Crippen molar-refractivity contribution in [3.05, 3.63) is 27.5 Å². The van der Waals surface area contributed by atoms with Crippen molar-refractivity contribution in [3.8, 4) is 9.88 Å². The second kappa shape index (κ2) is 7.43. The van der Waals surface area contributed by atoms with E-state index in [-0.39, 0.29) is 12.3 Å². The summed E-state index contributed by atoms with van der Waals surface area (Å²) in [7, 11) is 0. The van der Waals surface area contributed by atoms with Crippen molar-refractivity contribution in [1.29, 1.82) is 0 Å². The van der Waals surface area contributed by atoms with Gasteiger partial charge in [-0.25, -0.2) is 4.98 Å². The first-order valence-electron chi connectivity index (χ1n) is 8.11. The number of nitrogens with zero attached hydrogens (tertiary/aromatic N) is 1. The Hall–Kier alpha value is -1.44. The third-order valence-corrected chi connectivity index (χ3v) is 6.90. The van der Waals surface area contributed by atoms with E-state index in [1.165, 1.54) is 22.7 Å². The number of halogens is 1. The van der Waals surface area contributed by atoms with Gasteiger partial charge in [-0.15, -0.1) is 22.7 Å². The van der Waals surface area contributed by atoms with Crippen LogP contribution < -0.4 is 5.32 Å². The maximum Gasteiger partial charge on any atom is 0.308 e. The summed E-state index contributed by atoms with van der Waals surface area (Å²) in [6.45, 7) is 1.84. The number of thiazole rings is 1. The molecule has 2 atom stereocenters. The van der Waals surface area contributed by atoms with Gasteiger partial charge in [0, 0.05) is 5.38 Å². The molecular formula is C17H19ClN2O3S2. The van der Waals surface area contributed by atoms with E-state index >= 15 is 0 Å². The van der Waals surface area contributed by atoms with E-state index < -0.39 is 17.4 Å². The Labute approximate surface area is 159 Å². The van der Waals surface area contributed by atoms with Crippen LogP contribution in [0.25, 0.3) is 9.88 Å². The lowest BCUT2D eigenvalue weighted by molar-refractivity contribution is -0.146. The first kappa shape index (κ1) is 18.4. The number of carbonyl (C=O) groups is 2. The van der Waals surface area contributed by atoms with Crippen LogP contribution in [-0.4, -0.2) is 27.5 Å². The molecule has 8 heteroatoms. The molecule has 0 aromatic carbocycles. The summed E-state index contributed by atoms with van der Waals surface area (Å²) < 4.78 is 0.703. The predicted molar refractivity (Wildman–Crippen MR) is 100 cm³/mol. The van der Waals surface area contributed by atoms with Crippen LogP contribution >= 0.6 is 34.3 Å². The number of nitrogens with one attached hydrogen (secondary N) is 1. The van der Waals surface area contributed by atoms with Gasteiger partial charge in [0.15, 0.2) is 0 Å². The average molecular weight is 399 g/mol. The van der Waals surface area contributed by atoms with Crippen molar-refractivity contribution in [3.63, 3.8) is 0 Å². The van der Waals surface area contributed by atoms with E-state index in [9.17, 15) is 14.7 Å². The molecule has 2 aromatic rings. The molecule has 1 saturated carbocycles. The van der Waals surface area contributed by atoms with Crippen LogP contribution in [-0.2, 0) is 16.0 Å². The van der Waals surface area contributed by atoms with Gasteiger partial charge in [0.25, 0.3) is 0 Å². The molecule has 2 aromatic heterocycles. The van der Waals surface area contributed by atoms with Gasteiger partial charge in [-0.2, -0.15) is 0 Å². The molecule has 1 aliphatic rings. The monoisotopic (exact) mass is 398 g/mol. The molecule has 1 amide bonds. The minimum absolute atomic E-state index is 0.150. The number of carboxylic acids is 1. The number of thiophene rings is 1. The summed E-state index contributed by atoms with van der Waals surface area (Å²) in [5.74, 6) is -1.56. The fourth-order valence-corrected chi connectivity index (χ4v) is 5.27. The molecule has 0 spiro atoms. The molecule has 1 aliphatic carbocycles. The van der Waals surface area contributed by atoms with Gasteiger partial charge < -0.3 is 10.4 Å². The van der Waals surface area contributed by atoms with Gasteiger partial charge in [0.1, 0.15) is 5.01 Å². The normalized spacial score (nSPS) is 23.4. The molecule has 2 heterocycles. The zero-order chi connectivity index (χ0) is 18.0. The van der Waals surface area contributed by atoms with Crippen LogP contribution in [0.2, 0.25) is 4.34 Å². The Morgan fingerprint density at radius 2 is 2.24 bits per heavy atom. The zero-order valence-corrected chi connectivity index (χ0v) is 16.1. The van der Waals surface area contributed by atoms with Gasteiger partial charge in [0.2, 0.25) is 5.91 Å². The predicted octanol–water partition coefficient (Wildman–Crippen LogP) is 4.22. The van der Waals surface area contributed by atoms with Gasteiger partial charge in [-0.05, 0) is 31.9 Å². The maximum absolute atomic E-state index is 12.4. The smallest absolute Gasteiger partial charge is 0.308 e. The molecule has 5 nitrogen and oxygen atoms in total. The summed E-state index contributed by atoms with van der Waals surface area (Å²) in [6, 6.07) is 3.74. The van der Waals surface area contributed by atoms with Crippen LogP contribution in [0.3, 0.4) is 0 Å². The Morgan fingerprint density at radius 1 is 1.44 bits per heavy atom. The van der Waals surface area contributed by atoms with Crippen molar-refractivity contribution < 1.29 is 14.7 Å². The summed E-state index contributed by atoms with van der Waals surface area (Å²) in [5, 5.41) is 15.1. The van der Waals surface area contributed by atoms with Gasteiger partial charge in [-0.1, -0.05) is 24.4 Å². The van der Waals surface area contributed by atoms with E-state index in [1.807, 2.05) is 24.4 Å². The number of carboxylic acid groups (broad SMARTS) is 1. The lowest BCUT2D eigenvalue weighted by Crippen LogP contribution is -2.55. The van der Waals surface area contributed by atoms with E-state index in [4.69, 9.17) is 11.6 Å². The number of aliphatic carboxylic acids is 1. The Bertz CT molecular complexity index is 788. The molecule has 134 valence electrons. The Balaban J connectivity index is 1.66. The lowest BCUT2D eigenvalue weighted by Gasteiger charge is -2.39. The number of hydrogen-bond donors (Lipinski definition) is 2. The molecule has 3 rings (SSSR count). The highest BCUT2D eigenvalue weighted by Gasteiger charge is 2.42. The molecule has 0 aliphatic heterocycles. The molecule has 2 N–H and O–H groups in total. The van der Waals surface area contributed by atoms with Crippen molar-refractivity contribution in [2.24, 2.45) is 5.92 Å². The highest BCUT2D eigenvalue weighted by molar-refractivity contribution is 7.23. The van der Waals surface area contributed by atoms with Crippen LogP contribution in [0.4, 0.5) is 0 Å². The second-order valence-electron chi connectivity index (χ2n) is 6.53. The molecule has 0 radical (unpaired) electrons. The summed E-state index contributed by atoms with van der Waals surface area (Å²) in [4.78, 5) is 29.4. The van der Waals surface area contributed by atoms with Crippen molar-refractivity contribution in [1.82, 2.24) is 10.3 Å². The minimum Gasteiger partial charge on any atom is -0.481 e. The maximum atomic E-state index is 12.4. The quantitative estimate of drug-likeness (QED) is 0.790. The van der Waals surface area contributed by atoms with E-state index in [1.54, 1.807) is 0 Å². The zero-order valence-electron chi connectivity index (χ0n) is 13.8. The van der Waals surface area contributed by atoms with Gasteiger partial charge in [-0.3, -0.25) is 9.59 Å². The minimum atomic E-state index is -0.840. The number of rotatable bonds is 5. The second-order valence-corrected chi connectivity index (χ2v) is 9.10. The first-order valence-corrected chi connectivity index (χ1v) is 10.2. The summed E-state index contributed by atoms with van der Waals surface area (Å²) in [6.07, 6.45) is 3.26. The Kier molecular flexibility index (Phi) is 5.46. The average Bonchev–Trinajstić information content (AvgIpc) is 3.15. The molecule has 0 bridgehead atoms. The topological polar surface area (TPSA) is 79.3 Å². The largest absolute Gasteiger partial charge is 0.481 e. The van der Waals surface area contributed by atoms with E-state index in [2.05, 4.69) is 10.3 Å². The van der Waals surface area contributed by atoms with Crippen molar-refractivity contribution >= 4 is 46.2 Å². The fraction of sp³-hybridized carbons (Fsp3) is 0.471. The first-order chi connectivity index (χ1) is 11.9. The highest BCUT2D eigenvalue weighted by atomic mass is 35.5. The SMILES string of the molecule is CC1(NC(=O)Cc2csc(-c3ccc(Cl)s3)n2)CCCCC1C(=O)O. The van der Waals surface area contributed by atoms with Gasteiger partial charge in [0.05, 0.1) is 32.8 Å². The van der Waals surface area contributed by atoms with Gasteiger partial charge >= 0.3 is 5.97 Å². The summed E-state index contributed by atoms with van der Waals surface area (Å²) >= 11 is 8.87. The van der Waals surface area contributed by atoms with E-state index in [0.717, 1.165) is 22.7 Å². The highest BCUT2D eigenvalue weighted by Crippen LogP contribution is 2.35. The molecule has 2 unspecified atom stereocenters. The van der Waals surface area contributed by atoms with Crippen LogP contribution in [0.5, 0.6) is 0 Å². The number of hydrogen-bond acceptors (Lipinski definition) is 5. The fourth-order valence-electron chi connectivity index (χ4n) is 3.34. The standard InChI is InChI=1S/C17H19ClN2O3S2/c1-17(7-3-2-4-11(17)16(22)23)20-14(21)8-10-9-24-15(19-10)12-5-6-13(18)25-12/h5-6,9,11H,2-4,7-8H2,1H3,(H,20,21)(H,22,23). The molecule has 25 heavy (non-hydrogen) atoms. The molecule has 1 fully saturated rings. The van der Waals surface area contributed by atoms with Crippen LogP contribution in [0.1, 0.15) is 38.3 Å². The number of aromatic nitrogens is 1. The summed E-state index contributed by atoms with van der Waals surface area (Å²) in [5.41, 5.74) is -0.00491. The van der Waals surface area contributed by atoms with Crippen molar-refractivity contribution in [2.75, 3.05) is 0 Å². The molecular weight excluding hydrogens is 380 g/mol. The van der Waals surface area contributed by atoms with Crippen LogP contribution in [0, 0.1) is 5.92 Å². The van der Waals surface area contributed by atoms with Crippen molar-refractivity contribution in [2.45, 2.75) is 44.6 Å². The van der Waals surface area contributed by atoms with E-state index in [0.29, 0.717) is 22.9 Å². The third kappa shape index (κ3) is 4.22. The number of amides is 1. The molecule has 0 saturated heterocycles. The lowest BCUT2D eigenvalue weighted by atomic mass is 9.74. The Morgan fingerprint density at radius 3 is 2.92 bits per heavy atom. The third-order valence-electron chi connectivity index (χ3n) is 4.61. The van der Waals surface area contributed by atoms with Crippen LogP contribution in [0.15, 0.2) is 17.5 Å². The number of carbonyl (C=O) groups excluding carboxylic acids is 1.